The van der Waals surface area contributed by atoms with Crippen LogP contribution in [-0.4, -0.2) is 41.8 Å². The summed E-state index contributed by atoms with van der Waals surface area (Å²) in [5, 5.41) is 20.9. The minimum Gasteiger partial charge on any atom is -0.507 e. The van der Waals surface area contributed by atoms with E-state index in [0.29, 0.717) is 22.4 Å². The van der Waals surface area contributed by atoms with Gasteiger partial charge in [-0.25, -0.2) is 0 Å². The van der Waals surface area contributed by atoms with E-state index in [1.165, 1.54) is 45.4 Å². The molecule has 7 nitrogen and oxygen atoms in total. The van der Waals surface area contributed by atoms with E-state index in [-0.39, 0.29) is 50.8 Å². The number of phenols is 2. The Morgan fingerprint density at radius 1 is 0.812 bits per heavy atom. The number of carbonyl (C=O) groups is 3. The molecule has 7 heteroatoms. The maximum atomic E-state index is 13.6. The van der Waals surface area contributed by atoms with Crippen LogP contribution >= 0.6 is 0 Å². The number of carbonyl (C=O) groups excluding carboxylic acids is 3. The molecule has 1 aliphatic rings. The summed E-state index contributed by atoms with van der Waals surface area (Å²) < 4.78 is 11.1. The summed E-state index contributed by atoms with van der Waals surface area (Å²) in [5.41, 5.74) is 0.981. The van der Waals surface area contributed by atoms with E-state index in [0.717, 1.165) is 0 Å². The van der Waals surface area contributed by atoms with Crippen LogP contribution in [0.5, 0.6) is 23.0 Å². The van der Waals surface area contributed by atoms with Crippen LogP contribution in [0.25, 0.3) is 11.1 Å². The van der Waals surface area contributed by atoms with Gasteiger partial charge in [0, 0.05) is 16.7 Å². The van der Waals surface area contributed by atoms with Crippen molar-refractivity contribution in [2.45, 2.75) is 13.8 Å². The molecule has 0 saturated heterocycles. The predicted octanol–water partition coefficient (Wildman–Crippen LogP) is 4.07. The number of benzene rings is 3. The minimum absolute atomic E-state index is 0.0226. The molecule has 0 heterocycles. The van der Waals surface area contributed by atoms with E-state index >= 15 is 0 Å². The van der Waals surface area contributed by atoms with Crippen LogP contribution < -0.4 is 9.47 Å². The highest BCUT2D eigenvalue weighted by atomic mass is 16.5. The van der Waals surface area contributed by atoms with E-state index in [1.54, 1.807) is 19.1 Å². The van der Waals surface area contributed by atoms with E-state index in [2.05, 4.69) is 0 Å². The van der Waals surface area contributed by atoms with Gasteiger partial charge in [-0.1, -0.05) is 12.1 Å². The summed E-state index contributed by atoms with van der Waals surface area (Å²) in [6.45, 7) is 3.06. The number of hydrogen-bond acceptors (Lipinski definition) is 7. The molecule has 0 fully saturated rings. The first-order valence-corrected chi connectivity index (χ1v) is 9.77. The Labute approximate surface area is 183 Å². The van der Waals surface area contributed by atoms with Crippen LogP contribution in [0.1, 0.15) is 54.7 Å². The smallest absolute Gasteiger partial charge is 0.201 e. The van der Waals surface area contributed by atoms with Crippen LogP contribution in [0.4, 0.5) is 0 Å². The van der Waals surface area contributed by atoms with Crippen molar-refractivity contribution in [1.29, 1.82) is 0 Å². The van der Waals surface area contributed by atoms with Crippen LogP contribution in [0, 0.1) is 6.92 Å². The van der Waals surface area contributed by atoms with Crippen LogP contribution in [-0.2, 0) is 0 Å². The fourth-order valence-electron chi connectivity index (χ4n) is 4.27. The number of hydrogen-bond donors (Lipinski definition) is 2. The van der Waals surface area contributed by atoms with Gasteiger partial charge in [-0.15, -0.1) is 0 Å². The van der Waals surface area contributed by atoms with Gasteiger partial charge in [0.15, 0.2) is 11.6 Å². The van der Waals surface area contributed by atoms with Gasteiger partial charge in [-0.05, 0) is 43.7 Å². The standard InChI is InChI=1S/C25H20O7/c1-11-10-16(28)20-22(23(29)14-6-5-7-15(27)19(14)24(20)30)18(11)21-17(31-3)9-8-13(12(2)26)25(21)32-4/h5-10,27-28H,1-4H3. The second kappa shape index (κ2) is 7.53. The molecular weight excluding hydrogens is 412 g/mol. The van der Waals surface area contributed by atoms with E-state index < -0.39 is 11.6 Å². The Morgan fingerprint density at radius 3 is 2.16 bits per heavy atom. The average Bonchev–Trinajstić information content (AvgIpc) is 2.75. The molecule has 0 amide bonds. The fourth-order valence-corrected chi connectivity index (χ4v) is 4.27. The quantitative estimate of drug-likeness (QED) is 0.468. The molecule has 32 heavy (non-hydrogen) atoms. The van der Waals surface area contributed by atoms with Crippen molar-refractivity contribution in [3.63, 3.8) is 0 Å². The van der Waals surface area contributed by atoms with Crippen molar-refractivity contribution < 1.29 is 34.1 Å². The Bertz CT molecular complexity index is 1330. The van der Waals surface area contributed by atoms with Gasteiger partial charge in [0.05, 0.1) is 36.5 Å². The Kier molecular flexibility index (Phi) is 4.97. The molecular formula is C25H20O7. The molecule has 0 unspecified atom stereocenters. The lowest BCUT2D eigenvalue weighted by molar-refractivity contribution is 0.0974. The van der Waals surface area contributed by atoms with Crippen molar-refractivity contribution in [1.82, 2.24) is 0 Å². The summed E-state index contributed by atoms with van der Waals surface area (Å²) in [4.78, 5) is 39.1. The highest BCUT2D eigenvalue weighted by molar-refractivity contribution is 6.32. The lowest BCUT2D eigenvalue weighted by Gasteiger charge is -2.25. The third kappa shape index (κ3) is 2.85. The molecule has 2 N–H and O–H groups in total. The minimum atomic E-state index is -0.674. The summed E-state index contributed by atoms with van der Waals surface area (Å²) in [5.74, 6) is -1.69. The largest absolute Gasteiger partial charge is 0.507 e. The number of aromatic hydroxyl groups is 2. The van der Waals surface area contributed by atoms with Crippen LogP contribution in [0.15, 0.2) is 36.4 Å². The van der Waals surface area contributed by atoms with Crippen LogP contribution in [0.3, 0.4) is 0 Å². The van der Waals surface area contributed by atoms with Gasteiger partial charge in [-0.2, -0.15) is 0 Å². The fraction of sp³-hybridized carbons (Fsp3) is 0.160. The first kappa shape index (κ1) is 21.1. The van der Waals surface area contributed by atoms with E-state index in [9.17, 15) is 24.6 Å². The first-order valence-electron chi connectivity index (χ1n) is 9.77. The number of aryl methyl sites for hydroxylation is 1. The summed E-state index contributed by atoms with van der Waals surface area (Å²) >= 11 is 0. The van der Waals surface area contributed by atoms with Crippen molar-refractivity contribution in [3.8, 4) is 34.1 Å². The molecule has 0 radical (unpaired) electrons. The monoisotopic (exact) mass is 432 g/mol. The van der Waals surface area contributed by atoms with Crippen molar-refractivity contribution in [2.24, 2.45) is 0 Å². The van der Waals surface area contributed by atoms with E-state index in [4.69, 9.17) is 9.47 Å². The number of fused-ring (bicyclic) bond motifs is 2. The zero-order valence-electron chi connectivity index (χ0n) is 17.9. The third-order valence-corrected chi connectivity index (χ3v) is 5.64. The van der Waals surface area contributed by atoms with Gasteiger partial charge < -0.3 is 19.7 Å². The molecule has 0 spiro atoms. The molecule has 0 aromatic heterocycles. The maximum absolute atomic E-state index is 13.6. The Balaban J connectivity index is 2.18. The summed E-state index contributed by atoms with van der Waals surface area (Å²) in [7, 11) is 2.83. The van der Waals surface area contributed by atoms with Crippen LogP contribution in [0.2, 0.25) is 0 Å². The SMILES string of the molecule is COc1ccc(C(C)=O)c(OC)c1-c1c(C)cc(O)c2c1C(=O)c1cccc(O)c1C2=O. The molecule has 0 bridgehead atoms. The molecule has 0 saturated carbocycles. The average molecular weight is 432 g/mol. The number of Topliss-reactive ketones (excluding diaryl/α,β-unsaturated/α-hetero) is 1. The van der Waals surface area contributed by atoms with Gasteiger partial charge in [-0.3, -0.25) is 14.4 Å². The van der Waals surface area contributed by atoms with Gasteiger partial charge in [0.25, 0.3) is 0 Å². The first-order chi connectivity index (χ1) is 15.2. The summed E-state index contributed by atoms with van der Waals surface area (Å²) in [6, 6.07) is 8.74. The normalized spacial score (nSPS) is 12.2. The third-order valence-electron chi connectivity index (χ3n) is 5.64. The molecule has 162 valence electrons. The highest BCUT2D eigenvalue weighted by Crippen LogP contribution is 2.48. The molecule has 3 aromatic rings. The van der Waals surface area contributed by atoms with E-state index in [1.807, 2.05) is 0 Å². The lowest BCUT2D eigenvalue weighted by atomic mass is 9.77. The molecule has 0 aliphatic heterocycles. The number of ketones is 3. The molecule has 1 aliphatic carbocycles. The van der Waals surface area contributed by atoms with Crippen molar-refractivity contribution in [2.75, 3.05) is 14.2 Å². The number of phenolic OH excluding ortho intramolecular Hbond substituents is 2. The van der Waals surface area contributed by atoms with Gasteiger partial charge in [0.2, 0.25) is 5.78 Å². The zero-order chi connectivity index (χ0) is 23.3. The van der Waals surface area contributed by atoms with Crippen molar-refractivity contribution in [3.05, 3.63) is 69.8 Å². The molecule has 4 rings (SSSR count). The maximum Gasteiger partial charge on any atom is 0.201 e. The number of ether oxygens (including phenoxy) is 2. The lowest BCUT2D eigenvalue weighted by Crippen LogP contribution is -2.23. The summed E-state index contributed by atoms with van der Waals surface area (Å²) in [6.07, 6.45) is 0. The Morgan fingerprint density at radius 2 is 1.53 bits per heavy atom. The Hall–Kier alpha value is -4.13. The zero-order valence-corrected chi connectivity index (χ0v) is 17.9. The second-order valence-corrected chi connectivity index (χ2v) is 7.48. The van der Waals surface area contributed by atoms with Crippen molar-refractivity contribution >= 4 is 17.3 Å². The second-order valence-electron chi connectivity index (χ2n) is 7.48. The van der Waals surface area contributed by atoms with Gasteiger partial charge in [0.1, 0.15) is 23.0 Å². The van der Waals surface area contributed by atoms with Gasteiger partial charge >= 0.3 is 0 Å². The number of rotatable bonds is 4. The molecule has 0 atom stereocenters. The topological polar surface area (TPSA) is 110 Å². The number of methoxy groups -OCH3 is 2. The predicted molar refractivity (Wildman–Crippen MR) is 116 cm³/mol. The molecule has 3 aromatic carbocycles. The highest BCUT2D eigenvalue weighted by Gasteiger charge is 2.38.